The number of H-pyrrole nitrogens is 1. The van der Waals surface area contributed by atoms with Gasteiger partial charge >= 0.3 is 5.69 Å². The SMILES string of the molecule is CCCS(=O)(=O)CCn1cc(S(N)(=O)=O)c(=O)[nH]c1=O. The summed E-state index contributed by atoms with van der Waals surface area (Å²) in [5.74, 6) is -0.371. The number of nitrogens with zero attached hydrogens (tertiary/aromatic N) is 1. The lowest BCUT2D eigenvalue weighted by atomic mass is 10.6. The third kappa shape index (κ3) is 4.28. The lowest BCUT2D eigenvalue weighted by Crippen LogP contribution is -2.35. The molecule has 0 fully saturated rings. The lowest BCUT2D eigenvalue weighted by Gasteiger charge is -2.07. The van der Waals surface area contributed by atoms with E-state index in [0.29, 0.717) is 6.42 Å². The molecule has 1 heterocycles. The third-order valence-electron chi connectivity index (χ3n) is 2.44. The number of sulfonamides is 1. The number of rotatable bonds is 6. The summed E-state index contributed by atoms with van der Waals surface area (Å²) in [6.07, 6.45) is 1.18. The van der Waals surface area contributed by atoms with Crippen LogP contribution in [0.1, 0.15) is 13.3 Å². The molecule has 11 heteroatoms. The van der Waals surface area contributed by atoms with E-state index in [-0.39, 0.29) is 18.1 Å². The molecule has 0 amide bonds. The largest absolute Gasteiger partial charge is 0.328 e. The molecule has 3 N–H and O–H groups in total. The third-order valence-corrected chi connectivity index (χ3v) is 5.18. The van der Waals surface area contributed by atoms with Crippen molar-refractivity contribution in [1.29, 1.82) is 0 Å². The van der Waals surface area contributed by atoms with E-state index >= 15 is 0 Å². The molecule has 20 heavy (non-hydrogen) atoms. The Morgan fingerprint density at radius 1 is 1.20 bits per heavy atom. The van der Waals surface area contributed by atoms with Crippen LogP contribution < -0.4 is 16.4 Å². The average molecular weight is 325 g/mol. The second-order valence-corrected chi connectivity index (χ2v) is 7.98. The van der Waals surface area contributed by atoms with Crippen molar-refractivity contribution in [1.82, 2.24) is 9.55 Å². The molecule has 0 spiro atoms. The Hall–Kier alpha value is -1.46. The minimum atomic E-state index is -4.29. The van der Waals surface area contributed by atoms with Gasteiger partial charge in [0.25, 0.3) is 5.56 Å². The van der Waals surface area contributed by atoms with Crippen LogP contribution >= 0.6 is 0 Å². The molecule has 0 saturated carbocycles. The number of hydrogen-bond acceptors (Lipinski definition) is 6. The maximum atomic E-state index is 11.5. The number of primary sulfonamides is 1. The van der Waals surface area contributed by atoms with Gasteiger partial charge < -0.3 is 0 Å². The van der Waals surface area contributed by atoms with Crippen LogP contribution in [0.5, 0.6) is 0 Å². The molecule has 0 saturated heterocycles. The highest BCUT2D eigenvalue weighted by Gasteiger charge is 2.16. The standard InChI is InChI=1S/C9H15N3O6S2/c1-2-4-19(15,16)5-3-12-6-7(20(10,17)18)8(13)11-9(12)14/h6H,2-5H2,1H3,(H2,10,17,18)(H,11,13,14). The smallest absolute Gasteiger partial charge is 0.298 e. The second-order valence-electron chi connectivity index (χ2n) is 4.14. The van der Waals surface area contributed by atoms with Crippen LogP contribution in [0.2, 0.25) is 0 Å². The zero-order chi connectivity index (χ0) is 15.6. The molecule has 1 aromatic rings. The van der Waals surface area contributed by atoms with Crippen molar-refractivity contribution in [2.75, 3.05) is 11.5 Å². The maximum absolute atomic E-state index is 11.5. The highest BCUT2D eigenvalue weighted by Crippen LogP contribution is 1.98. The second kappa shape index (κ2) is 5.89. The molecule has 0 aromatic carbocycles. The fraction of sp³-hybridized carbons (Fsp3) is 0.556. The van der Waals surface area contributed by atoms with E-state index in [1.807, 2.05) is 0 Å². The van der Waals surface area contributed by atoms with Gasteiger partial charge in [-0.05, 0) is 6.42 Å². The molecule has 0 radical (unpaired) electrons. The number of sulfone groups is 1. The van der Waals surface area contributed by atoms with Gasteiger partial charge in [0.15, 0.2) is 14.7 Å². The molecule has 0 aliphatic heterocycles. The van der Waals surface area contributed by atoms with E-state index in [0.717, 1.165) is 10.8 Å². The summed E-state index contributed by atoms with van der Waals surface area (Å²) in [5.41, 5.74) is -2.03. The Morgan fingerprint density at radius 3 is 2.30 bits per heavy atom. The summed E-state index contributed by atoms with van der Waals surface area (Å²) < 4.78 is 46.2. The number of hydrogen-bond donors (Lipinski definition) is 2. The normalized spacial score (nSPS) is 12.5. The van der Waals surface area contributed by atoms with Crippen LogP contribution in [0, 0.1) is 0 Å². The van der Waals surface area contributed by atoms with Crippen molar-refractivity contribution in [3.05, 3.63) is 27.0 Å². The van der Waals surface area contributed by atoms with Crippen molar-refractivity contribution in [2.45, 2.75) is 24.8 Å². The van der Waals surface area contributed by atoms with Crippen LogP contribution in [0.3, 0.4) is 0 Å². The number of nitrogens with one attached hydrogen (secondary N) is 1. The molecule has 114 valence electrons. The van der Waals surface area contributed by atoms with Crippen molar-refractivity contribution in [3.8, 4) is 0 Å². The van der Waals surface area contributed by atoms with Crippen LogP contribution in [0.25, 0.3) is 0 Å². The summed E-state index contributed by atoms with van der Waals surface area (Å²) in [5, 5.41) is 4.82. The minimum absolute atomic E-state index is 0.0346. The fourth-order valence-corrected chi connectivity index (χ4v) is 3.39. The van der Waals surface area contributed by atoms with E-state index in [1.54, 1.807) is 11.9 Å². The molecule has 9 nitrogen and oxygen atoms in total. The molecule has 0 bridgehead atoms. The quantitative estimate of drug-likeness (QED) is 0.618. The maximum Gasteiger partial charge on any atom is 0.328 e. The first-order valence-corrected chi connectivity index (χ1v) is 9.00. The topological polar surface area (TPSA) is 149 Å². The van der Waals surface area contributed by atoms with E-state index in [1.165, 1.54) is 0 Å². The summed E-state index contributed by atoms with van der Waals surface area (Å²) in [4.78, 5) is 23.8. The molecule has 0 atom stereocenters. The molecular weight excluding hydrogens is 310 g/mol. The summed E-state index contributed by atoms with van der Waals surface area (Å²) >= 11 is 0. The first-order chi connectivity index (χ1) is 9.07. The molecule has 0 aliphatic carbocycles. The Bertz CT molecular complexity index is 803. The van der Waals surface area contributed by atoms with Gasteiger partial charge in [0.2, 0.25) is 10.0 Å². The number of aryl methyl sites for hydroxylation is 1. The van der Waals surface area contributed by atoms with E-state index < -0.39 is 36.0 Å². The zero-order valence-corrected chi connectivity index (χ0v) is 12.3. The molecular formula is C9H15N3O6S2. The summed E-state index contributed by atoms with van der Waals surface area (Å²) in [6.45, 7) is 1.43. The molecule has 0 aliphatic rings. The number of aromatic nitrogens is 2. The Labute approximate surface area is 115 Å². The Morgan fingerprint density at radius 2 is 1.80 bits per heavy atom. The van der Waals surface area contributed by atoms with E-state index in [4.69, 9.17) is 5.14 Å². The molecule has 1 aromatic heterocycles. The highest BCUT2D eigenvalue weighted by atomic mass is 32.2. The zero-order valence-electron chi connectivity index (χ0n) is 10.7. The van der Waals surface area contributed by atoms with Crippen LogP contribution in [0.4, 0.5) is 0 Å². The van der Waals surface area contributed by atoms with E-state index in [9.17, 15) is 26.4 Å². The minimum Gasteiger partial charge on any atom is -0.298 e. The lowest BCUT2D eigenvalue weighted by molar-refractivity contribution is 0.580. The van der Waals surface area contributed by atoms with Crippen molar-refractivity contribution < 1.29 is 16.8 Å². The van der Waals surface area contributed by atoms with Crippen LogP contribution in [-0.4, -0.2) is 37.9 Å². The van der Waals surface area contributed by atoms with E-state index in [2.05, 4.69) is 0 Å². The van der Waals surface area contributed by atoms with Crippen LogP contribution in [-0.2, 0) is 26.4 Å². The Kier molecular flexibility index (Phi) is 4.89. The van der Waals surface area contributed by atoms with Gasteiger partial charge in [-0.2, -0.15) is 0 Å². The Balaban J connectivity index is 3.16. The first-order valence-electron chi connectivity index (χ1n) is 5.64. The number of aromatic amines is 1. The van der Waals surface area contributed by atoms with Gasteiger partial charge in [0.1, 0.15) is 0 Å². The van der Waals surface area contributed by atoms with Gasteiger partial charge in [-0.25, -0.2) is 26.8 Å². The van der Waals surface area contributed by atoms with Gasteiger partial charge in [0.05, 0.1) is 5.75 Å². The average Bonchev–Trinajstić information content (AvgIpc) is 2.25. The first kappa shape index (κ1) is 16.6. The fourth-order valence-electron chi connectivity index (χ4n) is 1.51. The summed E-state index contributed by atoms with van der Waals surface area (Å²) in [6, 6.07) is 0. The monoisotopic (exact) mass is 325 g/mol. The molecule has 1 rings (SSSR count). The van der Waals surface area contributed by atoms with Crippen molar-refractivity contribution >= 4 is 19.9 Å². The predicted molar refractivity (Wildman–Crippen MR) is 71.6 cm³/mol. The highest BCUT2D eigenvalue weighted by molar-refractivity contribution is 7.91. The molecule has 0 unspecified atom stereocenters. The van der Waals surface area contributed by atoms with Crippen molar-refractivity contribution in [2.24, 2.45) is 5.14 Å². The van der Waals surface area contributed by atoms with Crippen LogP contribution in [0.15, 0.2) is 20.7 Å². The number of nitrogens with two attached hydrogens (primary N) is 1. The van der Waals surface area contributed by atoms with Gasteiger partial charge in [-0.3, -0.25) is 14.3 Å². The predicted octanol–water partition coefficient (Wildman–Crippen LogP) is -1.99. The van der Waals surface area contributed by atoms with Crippen molar-refractivity contribution in [3.63, 3.8) is 0 Å². The summed E-state index contributed by atoms with van der Waals surface area (Å²) in [7, 11) is -7.63. The van der Waals surface area contributed by atoms with Gasteiger partial charge in [-0.15, -0.1) is 0 Å². The van der Waals surface area contributed by atoms with Gasteiger partial charge in [-0.1, -0.05) is 6.92 Å². The van der Waals surface area contributed by atoms with Gasteiger partial charge in [0, 0.05) is 18.5 Å².